The molecule has 3 N–H and O–H groups in total. The second-order valence-electron chi connectivity index (χ2n) is 11.1. The Bertz CT molecular complexity index is 1190. The third kappa shape index (κ3) is 12.9. The Balaban J connectivity index is 0.00000411. The number of hydrogen-bond acceptors (Lipinski definition) is 11. The molecule has 1 aromatic rings. The summed E-state index contributed by atoms with van der Waals surface area (Å²) < 4.78 is 17.6. The minimum atomic E-state index is -1.23. The van der Waals surface area contributed by atoms with Crippen molar-refractivity contribution in [2.75, 3.05) is 12.3 Å². The molecule has 228 valence electrons. The molecule has 1 aliphatic heterocycles. The lowest BCUT2D eigenvalue weighted by atomic mass is 10.1. The van der Waals surface area contributed by atoms with Crippen molar-refractivity contribution in [3.05, 3.63) is 27.2 Å². The van der Waals surface area contributed by atoms with E-state index in [9.17, 15) is 24.1 Å². The van der Waals surface area contributed by atoms with Gasteiger partial charge in [0, 0.05) is 19.0 Å². The lowest BCUT2D eigenvalue weighted by Crippen LogP contribution is -2.46. The van der Waals surface area contributed by atoms with E-state index in [0.29, 0.717) is 12.8 Å². The number of nitrogens with one attached hydrogen (secondary N) is 1. The zero-order valence-corrected chi connectivity index (χ0v) is 25.2. The van der Waals surface area contributed by atoms with Gasteiger partial charge in [0.15, 0.2) is 0 Å². The molecule has 1 fully saturated rings. The molecule has 0 saturated carbocycles. The molecule has 41 heavy (non-hydrogen) atoms. The average Bonchev–Trinajstić information content (AvgIpc) is 3.30. The fraction of sp³-hybridized carbons (Fsp3) is 0.679. The monoisotopic (exact) mass is 577 g/mol. The van der Waals surface area contributed by atoms with Crippen molar-refractivity contribution in [1.29, 1.82) is 0 Å². The molecule has 0 aliphatic carbocycles. The first kappa shape index (κ1) is 35.2. The molecule has 1 aliphatic rings. The van der Waals surface area contributed by atoms with Crippen molar-refractivity contribution < 1.29 is 28.6 Å². The van der Waals surface area contributed by atoms with Gasteiger partial charge in [-0.1, -0.05) is 30.9 Å². The van der Waals surface area contributed by atoms with E-state index >= 15 is 0 Å². The van der Waals surface area contributed by atoms with Crippen LogP contribution in [0.4, 0.5) is 5.82 Å². The molecule has 1 aromatic heterocycles. The van der Waals surface area contributed by atoms with Gasteiger partial charge in [0.2, 0.25) is 5.91 Å². The first-order valence-electron chi connectivity index (χ1n) is 13.6. The quantitative estimate of drug-likeness (QED) is 0.251. The maximum Gasteiger partial charge on any atom is 0.351 e. The summed E-state index contributed by atoms with van der Waals surface area (Å²) in [5.41, 5.74) is 3.93. The lowest BCUT2D eigenvalue weighted by molar-refractivity contribution is -0.165. The van der Waals surface area contributed by atoms with Gasteiger partial charge in [-0.3, -0.25) is 14.2 Å². The Morgan fingerprint density at radius 1 is 1.17 bits per heavy atom. The van der Waals surface area contributed by atoms with E-state index in [2.05, 4.69) is 27.3 Å². The first-order valence-corrected chi connectivity index (χ1v) is 13.6. The van der Waals surface area contributed by atoms with Gasteiger partial charge in [0.05, 0.1) is 18.1 Å². The average molecular weight is 578 g/mol. The number of esters is 2. The minimum Gasteiger partial charge on any atom is -0.460 e. The van der Waals surface area contributed by atoms with E-state index in [0.717, 1.165) is 0 Å². The molecule has 0 radical (unpaired) electrons. The Labute approximate surface area is 240 Å². The van der Waals surface area contributed by atoms with E-state index < -0.39 is 47.0 Å². The van der Waals surface area contributed by atoms with Crippen LogP contribution in [0.2, 0.25) is 0 Å². The number of hydrogen-bond donors (Lipinski definition) is 2. The third-order valence-corrected chi connectivity index (χ3v) is 5.17. The summed E-state index contributed by atoms with van der Waals surface area (Å²) in [4.78, 5) is 64.0. The van der Waals surface area contributed by atoms with Crippen LogP contribution in [-0.4, -0.2) is 57.3 Å². The van der Waals surface area contributed by atoms with Crippen LogP contribution in [-0.2, 0) is 28.6 Å². The molecule has 2 rings (SSSR count). The number of aromatic nitrogens is 2. The SMILES string of the molecule is CC.CC(C)(C)OC(=O)CC(NC(=O)CCC#Cc1cn(C2CC[C@@H](CN=O)O2)c(=O)nc1N)C(=O)OC(C)(C)C. The zero-order valence-electron chi connectivity index (χ0n) is 25.2. The van der Waals surface area contributed by atoms with Gasteiger partial charge in [-0.05, 0) is 54.4 Å². The fourth-order valence-electron chi connectivity index (χ4n) is 3.61. The highest BCUT2D eigenvalue weighted by atomic mass is 16.6. The van der Waals surface area contributed by atoms with Crippen LogP contribution in [0.25, 0.3) is 0 Å². The molecule has 0 spiro atoms. The lowest BCUT2D eigenvalue weighted by Gasteiger charge is -2.25. The number of rotatable bonds is 9. The molecule has 1 saturated heterocycles. The summed E-state index contributed by atoms with van der Waals surface area (Å²) in [5, 5.41) is 5.36. The van der Waals surface area contributed by atoms with Crippen LogP contribution in [0.3, 0.4) is 0 Å². The van der Waals surface area contributed by atoms with Crippen LogP contribution in [0.5, 0.6) is 0 Å². The number of carbonyl (C=O) groups is 3. The van der Waals surface area contributed by atoms with E-state index in [1.165, 1.54) is 10.8 Å². The van der Waals surface area contributed by atoms with Crippen molar-refractivity contribution in [3.8, 4) is 11.8 Å². The van der Waals surface area contributed by atoms with Gasteiger partial charge in [0.1, 0.15) is 35.8 Å². The second-order valence-corrected chi connectivity index (χ2v) is 11.1. The normalized spacial score (nSPS) is 17.2. The van der Waals surface area contributed by atoms with Crippen molar-refractivity contribution >= 4 is 23.7 Å². The standard InChI is InChI=1S/C26H37N5O8.C2H6/c1-25(2,3)38-21(33)13-18(23(34)39-26(4,5)6)29-19(32)10-8-7-9-16-15-31(24(35)30-22(16)27)20-12-11-17(37-20)14-28-36;1-2/h15,17-18,20H,8,10-14H2,1-6H3,(H,29,32)(H2,27,30,35);1-2H3/t17-,18?,20?;/m0./s1. The van der Waals surface area contributed by atoms with Gasteiger partial charge in [-0.2, -0.15) is 9.89 Å². The van der Waals surface area contributed by atoms with Crippen molar-refractivity contribution in [1.82, 2.24) is 14.9 Å². The van der Waals surface area contributed by atoms with E-state index in [-0.39, 0.29) is 43.3 Å². The van der Waals surface area contributed by atoms with Gasteiger partial charge >= 0.3 is 17.6 Å². The van der Waals surface area contributed by atoms with Crippen LogP contribution in [0, 0.1) is 16.7 Å². The Morgan fingerprint density at radius 2 is 1.80 bits per heavy atom. The largest absolute Gasteiger partial charge is 0.460 e. The van der Waals surface area contributed by atoms with E-state index in [1.54, 1.807) is 41.5 Å². The third-order valence-electron chi connectivity index (χ3n) is 5.17. The first-order chi connectivity index (χ1) is 19.1. The highest BCUT2D eigenvalue weighted by Gasteiger charge is 2.31. The van der Waals surface area contributed by atoms with Crippen molar-refractivity contribution in [2.45, 2.75) is 117 Å². The molecule has 1 amide bonds. The summed E-state index contributed by atoms with van der Waals surface area (Å²) in [7, 11) is 0. The number of nitrogen functional groups attached to an aromatic ring is 1. The summed E-state index contributed by atoms with van der Waals surface area (Å²) in [5.74, 6) is 3.59. The highest BCUT2D eigenvalue weighted by Crippen LogP contribution is 2.27. The van der Waals surface area contributed by atoms with E-state index in [1.807, 2.05) is 13.8 Å². The maximum absolute atomic E-state index is 12.6. The molecular weight excluding hydrogens is 534 g/mol. The van der Waals surface area contributed by atoms with Crippen LogP contribution in [0.15, 0.2) is 16.2 Å². The Kier molecular flexibility index (Phi) is 13.6. The summed E-state index contributed by atoms with van der Waals surface area (Å²) in [6.07, 6.45) is 1.13. The molecule has 0 aromatic carbocycles. The predicted molar refractivity (Wildman–Crippen MR) is 152 cm³/mol. The number of nitrogens with two attached hydrogens (primary N) is 1. The van der Waals surface area contributed by atoms with Crippen molar-refractivity contribution in [2.24, 2.45) is 5.18 Å². The minimum absolute atomic E-state index is 0.00502. The number of anilines is 1. The second kappa shape index (κ2) is 15.9. The van der Waals surface area contributed by atoms with Gasteiger partial charge in [-0.15, -0.1) is 0 Å². The van der Waals surface area contributed by atoms with Gasteiger partial charge < -0.3 is 25.3 Å². The molecule has 2 heterocycles. The number of nitroso groups, excluding NO2 is 1. The maximum atomic E-state index is 12.6. The number of amides is 1. The number of nitrogens with zero attached hydrogens (tertiary/aromatic N) is 3. The molecule has 2 unspecified atom stereocenters. The Hall–Kier alpha value is -3.79. The summed E-state index contributed by atoms with van der Waals surface area (Å²) in [6.45, 7) is 14.1. The Morgan fingerprint density at radius 3 is 2.39 bits per heavy atom. The van der Waals surface area contributed by atoms with E-state index in [4.69, 9.17) is 19.9 Å². The molecule has 13 nitrogen and oxygen atoms in total. The summed E-state index contributed by atoms with van der Waals surface area (Å²) >= 11 is 0. The molecule has 0 bridgehead atoms. The number of carbonyl (C=O) groups excluding carboxylic acids is 3. The van der Waals surface area contributed by atoms with Crippen LogP contribution >= 0.6 is 0 Å². The van der Waals surface area contributed by atoms with Crippen LogP contribution in [0.1, 0.15) is 99.3 Å². The molecule has 3 atom stereocenters. The fourth-order valence-corrected chi connectivity index (χ4v) is 3.61. The van der Waals surface area contributed by atoms with Gasteiger partial charge in [-0.25, -0.2) is 9.59 Å². The summed E-state index contributed by atoms with van der Waals surface area (Å²) in [6, 6.07) is -1.23. The number of ether oxygens (including phenoxy) is 3. The predicted octanol–water partition coefficient (Wildman–Crippen LogP) is 2.99. The topological polar surface area (TPSA) is 181 Å². The van der Waals surface area contributed by atoms with Crippen molar-refractivity contribution in [3.63, 3.8) is 0 Å². The molecular formula is C28H43N5O8. The van der Waals surface area contributed by atoms with Gasteiger partial charge in [0.25, 0.3) is 0 Å². The molecule has 13 heteroatoms. The highest BCUT2D eigenvalue weighted by molar-refractivity contribution is 5.88. The smallest absolute Gasteiger partial charge is 0.351 e. The van der Waals surface area contributed by atoms with Crippen LogP contribution < -0.4 is 16.7 Å². The zero-order chi connectivity index (χ0) is 31.4.